The van der Waals surface area contributed by atoms with E-state index in [4.69, 9.17) is 9.15 Å². The minimum absolute atomic E-state index is 0.310. The Hall–Kier alpha value is -1.51. The molecule has 1 heterocycles. The lowest BCUT2D eigenvalue weighted by Crippen LogP contribution is -2.01. The molecule has 100 valence electrons. The maximum absolute atomic E-state index is 11.3. The van der Waals surface area contributed by atoms with E-state index < -0.39 is 0 Å². The first-order chi connectivity index (χ1) is 8.76. The molecule has 0 saturated carbocycles. The molecule has 0 fully saturated rings. The zero-order chi connectivity index (χ0) is 13.2. The van der Waals surface area contributed by atoms with Crippen molar-refractivity contribution >= 4 is 12.0 Å². The Balaban J connectivity index is 2.36. The van der Waals surface area contributed by atoms with Crippen LogP contribution in [0.2, 0.25) is 0 Å². The van der Waals surface area contributed by atoms with Crippen LogP contribution >= 0.6 is 0 Å². The van der Waals surface area contributed by atoms with Crippen LogP contribution in [0.4, 0.5) is 0 Å². The van der Waals surface area contributed by atoms with Gasteiger partial charge in [0.1, 0.15) is 11.5 Å². The molecular formula is C15H22O3. The topological polar surface area (TPSA) is 39.4 Å². The monoisotopic (exact) mass is 250 g/mol. The van der Waals surface area contributed by atoms with Crippen molar-refractivity contribution in [2.75, 3.05) is 6.61 Å². The summed E-state index contributed by atoms with van der Waals surface area (Å²) < 4.78 is 10.6. The molecule has 1 aromatic heterocycles. The fourth-order valence-electron chi connectivity index (χ4n) is 1.48. The second kappa shape index (κ2) is 8.56. The molecule has 0 aromatic carbocycles. The van der Waals surface area contributed by atoms with Crippen molar-refractivity contribution in [3.63, 3.8) is 0 Å². The molecule has 0 bridgehead atoms. The largest absolute Gasteiger partial charge is 0.463 e. The van der Waals surface area contributed by atoms with E-state index in [1.54, 1.807) is 6.08 Å². The summed E-state index contributed by atoms with van der Waals surface area (Å²) in [7, 11) is 0. The zero-order valence-corrected chi connectivity index (χ0v) is 11.3. The van der Waals surface area contributed by atoms with Crippen molar-refractivity contribution in [1.82, 2.24) is 0 Å². The van der Waals surface area contributed by atoms with Crippen LogP contribution < -0.4 is 0 Å². The Morgan fingerprint density at radius 1 is 1.28 bits per heavy atom. The highest BCUT2D eigenvalue weighted by atomic mass is 16.5. The van der Waals surface area contributed by atoms with Gasteiger partial charge in [0, 0.05) is 12.5 Å². The summed E-state index contributed by atoms with van der Waals surface area (Å²) >= 11 is 0. The van der Waals surface area contributed by atoms with Crippen LogP contribution in [0.1, 0.15) is 51.1 Å². The number of carbonyl (C=O) groups is 1. The number of carbonyl (C=O) groups excluding carboxylic acids is 1. The SMILES string of the molecule is CCCCOC(=O)/C=C/c1ccc(CCCC)o1. The summed E-state index contributed by atoms with van der Waals surface area (Å²) in [6.07, 6.45) is 8.22. The van der Waals surface area contributed by atoms with Gasteiger partial charge in [-0.3, -0.25) is 0 Å². The molecule has 0 aliphatic heterocycles. The van der Waals surface area contributed by atoms with Crippen molar-refractivity contribution in [3.8, 4) is 0 Å². The summed E-state index contributed by atoms with van der Waals surface area (Å²) in [5.41, 5.74) is 0. The van der Waals surface area contributed by atoms with Crippen LogP contribution in [0, 0.1) is 0 Å². The summed E-state index contributed by atoms with van der Waals surface area (Å²) in [5, 5.41) is 0. The molecule has 0 spiro atoms. The number of hydrogen-bond donors (Lipinski definition) is 0. The fraction of sp³-hybridized carbons (Fsp3) is 0.533. The van der Waals surface area contributed by atoms with Gasteiger partial charge < -0.3 is 9.15 Å². The fourth-order valence-corrected chi connectivity index (χ4v) is 1.48. The second-order valence-electron chi connectivity index (χ2n) is 4.26. The van der Waals surface area contributed by atoms with Gasteiger partial charge >= 0.3 is 5.97 Å². The van der Waals surface area contributed by atoms with Crippen LogP contribution in [0.15, 0.2) is 22.6 Å². The Labute approximate surface area is 109 Å². The quantitative estimate of drug-likeness (QED) is 0.398. The molecule has 0 saturated heterocycles. The van der Waals surface area contributed by atoms with Crippen molar-refractivity contribution < 1.29 is 13.9 Å². The molecule has 0 amide bonds. The number of ether oxygens (including phenoxy) is 1. The van der Waals surface area contributed by atoms with Crippen molar-refractivity contribution in [3.05, 3.63) is 29.7 Å². The third-order valence-electron chi connectivity index (χ3n) is 2.59. The van der Waals surface area contributed by atoms with Gasteiger partial charge in [0.2, 0.25) is 0 Å². The highest BCUT2D eigenvalue weighted by molar-refractivity contribution is 5.86. The number of unbranched alkanes of at least 4 members (excludes halogenated alkanes) is 2. The molecule has 0 unspecified atom stereocenters. The predicted octanol–water partition coefficient (Wildman–Crippen LogP) is 3.98. The smallest absolute Gasteiger partial charge is 0.330 e. The number of aryl methyl sites for hydroxylation is 1. The molecule has 3 nitrogen and oxygen atoms in total. The van der Waals surface area contributed by atoms with Crippen molar-refractivity contribution in [2.45, 2.75) is 46.0 Å². The lowest BCUT2D eigenvalue weighted by molar-refractivity contribution is -0.137. The molecule has 0 aliphatic rings. The zero-order valence-electron chi connectivity index (χ0n) is 11.3. The van der Waals surface area contributed by atoms with Gasteiger partial charge in [0.05, 0.1) is 6.61 Å². The van der Waals surface area contributed by atoms with Crippen molar-refractivity contribution in [2.24, 2.45) is 0 Å². The molecule has 0 N–H and O–H groups in total. The summed E-state index contributed by atoms with van der Waals surface area (Å²) in [6, 6.07) is 3.83. The van der Waals surface area contributed by atoms with Crippen LogP contribution in [0.25, 0.3) is 6.08 Å². The van der Waals surface area contributed by atoms with Gasteiger partial charge in [-0.05, 0) is 31.1 Å². The minimum atomic E-state index is -0.310. The highest BCUT2D eigenvalue weighted by Gasteiger charge is 2.00. The number of furan rings is 1. The second-order valence-corrected chi connectivity index (χ2v) is 4.26. The summed E-state index contributed by atoms with van der Waals surface area (Å²) in [4.78, 5) is 11.3. The standard InChI is InChI=1S/C15H22O3/c1-3-5-7-13-8-9-14(18-13)10-11-15(16)17-12-6-4-2/h8-11H,3-7,12H2,1-2H3/b11-10+. The Morgan fingerprint density at radius 3 is 2.78 bits per heavy atom. The summed E-state index contributed by atoms with van der Waals surface area (Å²) in [5.74, 6) is 1.36. The van der Waals surface area contributed by atoms with E-state index in [-0.39, 0.29) is 5.97 Å². The van der Waals surface area contributed by atoms with Crippen LogP contribution in [0.5, 0.6) is 0 Å². The van der Waals surface area contributed by atoms with E-state index in [9.17, 15) is 4.79 Å². The average molecular weight is 250 g/mol. The van der Waals surface area contributed by atoms with E-state index in [1.165, 1.54) is 6.08 Å². The first-order valence-electron chi connectivity index (χ1n) is 6.69. The van der Waals surface area contributed by atoms with Gasteiger partial charge in [-0.25, -0.2) is 4.79 Å². The van der Waals surface area contributed by atoms with Crippen LogP contribution in [0.3, 0.4) is 0 Å². The van der Waals surface area contributed by atoms with Crippen LogP contribution in [-0.2, 0) is 16.0 Å². The Morgan fingerprint density at radius 2 is 2.06 bits per heavy atom. The van der Waals surface area contributed by atoms with E-state index in [0.29, 0.717) is 12.4 Å². The van der Waals surface area contributed by atoms with Crippen LogP contribution in [-0.4, -0.2) is 12.6 Å². The van der Waals surface area contributed by atoms with Crippen molar-refractivity contribution in [1.29, 1.82) is 0 Å². The molecule has 3 heteroatoms. The van der Waals surface area contributed by atoms with Gasteiger partial charge in [0.15, 0.2) is 0 Å². The molecule has 1 aromatic rings. The van der Waals surface area contributed by atoms with Gasteiger partial charge in [-0.15, -0.1) is 0 Å². The number of hydrogen-bond acceptors (Lipinski definition) is 3. The molecule has 0 atom stereocenters. The summed E-state index contributed by atoms with van der Waals surface area (Å²) in [6.45, 7) is 4.69. The molecule has 18 heavy (non-hydrogen) atoms. The maximum Gasteiger partial charge on any atom is 0.330 e. The Bertz CT molecular complexity index is 377. The Kier molecular flexibility index (Phi) is 6.92. The molecule has 1 rings (SSSR count). The lowest BCUT2D eigenvalue weighted by Gasteiger charge is -1.98. The third kappa shape index (κ3) is 5.71. The molecular weight excluding hydrogens is 228 g/mol. The highest BCUT2D eigenvalue weighted by Crippen LogP contribution is 2.12. The number of esters is 1. The molecule has 0 radical (unpaired) electrons. The van der Waals surface area contributed by atoms with Gasteiger partial charge in [-0.2, -0.15) is 0 Å². The minimum Gasteiger partial charge on any atom is -0.463 e. The predicted molar refractivity (Wildman–Crippen MR) is 72.2 cm³/mol. The normalized spacial score (nSPS) is 11.0. The molecule has 0 aliphatic carbocycles. The van der Waals surface area contributed by atoms with Gasteiger partial charge in [-0.1, -0.05) is 26.7 Å². The lowest BCUT2D eigenvalue weighted by atomic mass is 10.2. The van der Waals surface area contributed by atoms with E-state index >= 15 is 0 Å². The van der Waals surface area contributed by atoms with E-state index in [0.717, 1.165) is 37.9 Å². The van der Waals surface area contributed by atoms with Gasteiger partial charge in [0.25, 0.3) is 0 Å². The van der Waals surface area contributed by atoms with E-state index in [2.05, 4.69) is 13.8 Å². The maximum atomic E-state index is 11.3. The third-order valence-corrected chi connectivity index (χ3v) is 2.59. The first kappa shape index (κ1) is 14.6. The van der Waals surface area contributed by atoms with E-state index in [1.807, 2.05) is 12.1 Å². The number of rotatable bonds is 8. The first-order valence-corrected chi connectivity index (χ1v) is 6.69. The average Bonchev–Trinajstić information content (AvgIpc) is 2.82.